The molecule has 0 amide bonds. The average Bonchev–Trinajstić information content (AvgIpc) is 3.08. The lowest BCUT2D eigenvalue weighted by molar-refractivity contribution is -0.124. The fourth-order valence-electron chi connectivity index (χ4n) is 3.58. The Kier molecular flexibility index (Phi) is 3.23. The summed E-state index contributed by atoms with van der Waals surface area (Å²) in [7, 11) is 0. The van der Waals surface area contributed by atoms with Crippen LogP contribution < -0.4 is 0 Å². The van der Waals surface area contributed by atoms with Gasteiger partial charge in [-0.1, -0.05) is 43.7 Å². The minimum absolute atomic E-state index is 0.341. The number of Topliss-reactive ketones (excluding diaryl/α,β-unsaturated/α-hetero) is 1. The predicted molar refractivity (Wildman–Crippen MR) is 73.4 cm³/mol. The minimum atomic E-state index is 0.341. The molecule has 1 nitrogen and oxygen atoms in total. The largest absolute Gasteiger partial charge is 0.299 e. The number of ketones is 1. The van der Waals surface area contributed by atoms with E-state index in [0.717, 1.165) is 25.2 Å². The highest BCUT2D eigenvalue weighted by atomic mass is 16.1. The molecule has 0 aromatic heterocycles. The van der Waals surface area contributed by atoms with Crippen molar-refractivity contribution in [3.05, 3.63) is 35.9 Å². The Balaban J connectivity index is 1.60. The van der Waals surface area contributed by atoms with E-state index in [-0.39, 0.29) is 0 Å². The van der Waals surface area contributed by atoms with Crippen molar-refractivity contribution < 1.29 is 4.79 Å². The van der Waals surface area contributed by atoms with E-state index in [0.29, 0.717) is 23.5 Å². The molecule has 96 valence electrons. The third-order valence-electron chi connectivity index (χ3n) is 4.90. The Labute approximate surface area is 110 Å². The van der Waals surface area contributed by atoms with Gasteiger partial charge in [-0.25, -0.2) is 0 Å². The van der Waals surface area contributed by atoms with Gasteiger partial charge in [0, 0.05) is 11.8 Å². The van der Waals surface area contributed by atoms with E-state index < -0.39 is 0 Å². The number of carbonyl (C=O) groups is 1. The van der Waals surface area contributed by atoms with Crippen LogP contribution in [-0.2, 0) is 4.79 Å². The van der Waals surface area contributed by atoms with E-state index in [1.165, 1.54) is 18.4 Å². The van der Waals surface area contributed by atoms with Gasteiger partial charge in [-0.15, -0.1) is 0 Å². The fraction of sp³-hybridized carbons (Fsp3) is 0.588. The molecular formula is C17H22O. The molecule has 2 fully saturated rings. The van der Waals surface area contributed by atoms with Gasteiger partial charge in [0.2, 0.25) is 0 Å². The summed E-state index contributed by atoms with van der Waals surface area (Å²) < 4.78 is 0. The van der Waals surface area contributed by atoms with Crippen LogP contribution in [0.5, 0.6) is 0 Å². The molecule has 0 spiro atoms. The zero-order valence-corrected chi connectivity index (χ0v) is 11.1. The molecular weight excluding hydrogens is 220 g/mol. The van der Waals surface area contributed by atoms with Crippen molar-refractivity contribution in [3.63, 3.8) is 0 Å². The second-order valence-corrected chi connectivity index (χ2v) is 6.05. The van der Waals surface area contributed by atoms with Crippen LogP contribution in [-0.4, -0.2) is 5.78 Å². The lowest BCUT2D eigenvalue weighted by atomic mass is 9.95. The maximum Gasteiger partial charge on any atom is 0.139 e. The monoisotopic (exact) mass is 242 g/mol. The van der Waals surface area contributed by atoms with Crippen LogP contribution in [0.1, 0.15) is 50.5 Å². The van der Waals surface area contributed by atoms with Crippen LogP contribution in [0.4, 0.5) is 0 Å². The van der Waals surface area contributed by atoms with Crippen LogP contribution in [0.2, 0.25) is 0 Å². The van der Waals surface area contributed by atoms with E-state index in [1.54, 1.807) is 0 Å². The summed E-state index contributed by atoms with van der Waals surface area (Å²) in [4.78, 5) is 12.5. The molecule has 2 aliphatic rings. The van der Waals surface area contributed by atoms with Crippen molar-refractivity contribution in [1.82, 2.24) is 0 Å². The highest BCUT2D eigenvalue weighted by Gasteiger charge is 2.46. The van der Waals surface area contributed by atoms with Crippen LogP contribution in [0.15, 0.2) is 30.3 Å². The second kappa shape index (κ2) is 4.87. The van der Waals surface area contributed by atoms with Gasteiger partial charge in [0.25, 0.3) is 0 Å². The van der Waals surface area contributed by atoms with Crippen molar-refractivity contribution in [2.24, 2.45) is 17.8 Å². The standard InChI is InChI=1S/C17H22O/c1-2-12-8-9-14(10-12)17(18)16-11-15(16)13-6-4-3-5-7-13/h3-7,12,14-16H,2,8-11H2,1H3. The molecule has 0 saturated heterocycles. The van der Waals surface area contributed by atoms with Crippen LogP contribution in [0.3, 0.4) is 0 Å². The molecule has 0 aliphatic heterocycles. The molecule has 4 unspecified atom stereocenters. The lowest BCUT2D eigenvalue weighted by Crippen LogP contribution is -2.14. The number of carbonyl (C=O) groups excluding carboxylic acids is 1. The summed E-state index contributed by atoms with van der Waals surface area (Å²) in [6, 6.07) is 10.5. The average molecular weight is 242 g/mol. The molecule has 0 heterocycles. The molecule has 0 radical (unpaired) electrons. The Morgan fingerprint density at radius 3 is 2.61 bits per heavy atom. The van der Waals surface area contributed by atoms with Gasteiger partial charge in [0.15, 0.2) is 0 Å². The Bertz CT molecular complexity index is 422. The first kappa shape index (κ1) is 12.0. The molecule has 1 heteroatoms. The first-order chi connectivity index (χ1) is 8.79. The summed E-state index contributed by atoms with van der Waals surface area (Å²) >= 11 is 0. The SMILES string of the molecule is CCC1CCC(C(=O)C2CC2c2ccccc2)C1. The summed E-state index contributed by atoms with van der Waals surface area (Å²) in [6.07, 6.45) is 5.92. The third-order valence-corrected chi connectivity index (χ3v) is 4.90. The molecule has 3 rings (SSSR count). The van der Waals surface area contributed by atoms with Crippen molar-refractivity contribution >= 4 is 5.78 Å². The van der Waals surface area contributed by atoms with E-state index in [1.807, 2.05) is 6.07 Å². The van der Waals surface area contributed by atoms with Crippen molar-refractivity contribution in [2.45, 2.75) is 44.9 Å². The minimum Gasteiger partial charge on any atom is -0.299 e. The molecule has 4 atom stereocenters. The molecule has 1 aromatic rings. The van der Waals surface area contributed by atoms with Crippen LogP contribution in [0.25, 0.3) is 0 Å². The first-order valence-corrected chi connectivity index (χ1v) is 7.38. The quantitative estimate of drug-likeness (QED) is 0.774. The molecule has 0 bridgehead atoms. The number of rotatable bonds is 4. The highest BCUT2D eigenvalue weighted by molar-refractivity contribution is 5.87. The van der Waals surface area contributed by atoms with E-state index in [9.17, 15) is 4.79 Å². The third kappa shape index (κ3) is 2.23. The van der Waals surface area contributed by atoms with E-state index in [4.69, 9.17) is 0 Å². The second-order valence-electron chi connectivity index (χ2n) is 6.05. The first-order valence-electron chi connectivity index (χ1n) is 7.38. The Hall–Kier alpha value is -1.11. The van der Waals surface area contributed by atoms with Crippen LogP contribution in [0, 0.1) is 17.8 Å². The molecule has 18 heavy (non-hydrogen) atoms. The Morgan fingerprint density at radius 2 is 1.94 bits per heavy atom. The highest BCUT2D eigenvalue weighted by Crippen LogP contribution is 2.51. The smallest absolute Gasteiger partial charge is 0.139 e. The maximum atomic E-state index is 12.5. The van der Waals surface area contributed by atoms with Gasteiger partial charge >= 0.3 is 0 Å². The summed E-state index contributed by atoms with van der Waals surface area (Å²) in [5.74, 6) is 2.63. The van der Waals surface area contributed by atoms with Gasteiger partial charge in [-0.2, -0.15) is 0 Å². The summed E-state index contributed by atoms with van der Waals surface area (Å²) in [5.41, 5.74) is 1.36. The summed E-state index contributed by atoms with van der Waals surface area (Å²) in [6.45, 7) is 2.25. The number of benzene rings is 1. The van der Waals surface area contributed by atoms with Gasteiger partial charge in [0.05, 0.1) is 0 Å². The zero-order valence-electron chi connectivity index (χ0n) is 11.1. The fourth-order valence-corrected chi connectivity index (χ4v) is 3.58. The molecule has 1 aromatic carbocycles. The molecule has 0 N–H and O–H groups in total. The maximum absolute atomic E-state index is 12.5. The van der Waals surface area contributed by atoms with Gasteiger partial charge in [-0.3, -0.25) is 4.79 Å². The zero-order chi connectivity index (χ0) is 12.5. The number of hydrogen-bond donors (Lipinski definition) is 0. The lowest BCUT2D eigenvalue weighted by Gasteiger charge is -2.09. The van der Waals surface area contributed by atoms with Gasteiger partial charge in [-0.05, 0) is 43.1 Å². The molecule has 2 saturated carbocycles. The van der Waals surface area contributed by atoms with Crippen LogP contribution >= 0.6 is 0 Å². The molecule has 2 aliphatic carbocycles. The Morgan fingerprint density at radius 1 is 1.17 bits per heavy atom. The van der Waals surface area contributed by atoms with Crippen molar-refractivity contribution in [2.75, 3.05) is 0 Å². The van der Waals surface area contributed by atoms with E-state index in [2.05, 4.69) is 31.2 Å². The summed E-state index contributed by atoms with van der Waals surface area (Å²) in [5, 5.41) is 0. The van der Waals surface area contributed by atoms with E-state index >= 15 is 0 Å². The van der Waals surface area contributed by atoms with Crippen molar-refractivity contribution in [1.29, 1.82) is 0 Å². The van der Waals surface area contributed by atoms with Crippen molar-refractivity contribution in [3.8, 4) is 0 Å². The van der Waals surface area contributed by atoms with Gasteiger partial charge in [0.1, 0.15) is 5.78 Å². The number of hydrogen-bond acceptors (Lipinski definition) is 1. The normalized spacial score (nSPS) is 34.5. The van der Waals surface area contributed by atoms with Gasteiger partial charge < -0.3 is 0 Å². The predicted octanol–water partition coefficient (Wildman–Crippen LogP) is 4.19. The topological polar surface area (TPSA) is 17.1 Å².